The van der Waals surface area contributed by atoms with Crippen LogP contribution in [-0.2, 0) is 17.0 Å². The van der Waals surface area contributed by atoms with Crippen LogP contribution in [0.25, 0.3) is 10.9 Å². The molecule has 1 N–H and O–H groups in total. The van der Waals surface area contributed by atoms with Crippen LogP contribution >= 0.6 is 11.8 Å². The lowest BCUT2D eigenvalue weighted by molar-refractivity contribution is 0.0601. The number of H-pyrrole nitrogens is 1. The zero-order valence-electron chi connectivity index (χ0n) is 13.3. The topological polar surface area (TPSA) is 89.9 Å². The Morgan fingerprint density at radius 1 is 1.42 bits per heavy atom. The van der Waals surface area contributed by atoms with Crippen LogP contribution in [0, 0.1) is 0 Å². The van der Waals surface area contributed by atoms with E-state index in [0.29, 0.717) is 28.0 Å². The van der Waals surface area contributed by atoms with Gasteiger partial charge in [0, 0.05) is 18.9 Å². The molecular formula is C16H16N4O3S. The highest BCUT2D eigenvalue weighted by molar-refractivity contribution is 7.98. The number of ether oxygens (including phenoxy) is 1. The second kappa shape index (κ2) is 6.88. The minimum atomic E-state index is -0.458. The highest BCUT2D eigenvalue weighted by atomic mass is 32.2. The number of methoxy groups -OCH3 is 1. The number of esters is 1. The number of rotatable bonds is 5. The summed E-state index contributed by atoms with van der Waals surface area (Å²) in [7, 11) is 1.32. The first-order valence-corrected chi connectivity index (χ1v) is 8.36. The summed E-state index contributed by atoms with van der Waals surface area (Å²) in [6.07, 6.45) is 3.65. The lowest BCUT2D eigenvalue weighted by Crippen LogP contribution is -2.12. The Bertz CT molecular complexity index is 948. The van der Waals surface area contributed by atoms with Crippen LogP contribution in [0.1, 0.15) is 23.1 Å². The van der Waals surface area contributed by atoms with Gasteiger partial charge >= 0.3 is 5.97 Å². The Hall–Kier alpha value is -2.61. The molecule has 0 aliphatic rings. The predicted molar refractivity (Wildman–Crippen MR) is 91.2 cm³/mol. The van der Waals surface area contributed by atoms with E-state index >= 15 is 0 Å². The maximum absolute atomic E-state index is 12.2. The molecule has 24 heavy (non-hydrogen) atoms. The van der Waals surface area contributed by atoms with Gasteiger partial charge in [-0.1, -0.05) is 11.8 Å². The highest BCUT2D eigenvalue weighted by Crippen LogP contribution is 2.20. The largest absolute Gasteiger partial charge is 0.465 e. The second-order valence-electron chi connectivity index (χ2n) is 5.02. The van der Waals surface area contributed by atoms with Crippen LogP contribution < -0.4 is 5.56 Å². The molecule has 3 rings (SSSR count). The average molecular weight is 344 g/mol. The summed E-state index contributed by atoms with van der Waals surface area (Å²) in [5.74, 6) is 0.551. The number of hydrogen-bond acceptors (Lipinski definition) is 6. The van der Waals surface area contributed by atoms with Crippen molar-refractivity contribution >= 4 is 28.6 Å². The van der Waals surface area contributed by atoms with E-state index in [9.17, 15) is 9.59 Å². The molecule has 8 heteroatoms. The predicted octanol–water partition coefficient (Wildman–Crippen LogP) is 2.22. The van der Waals surface area contributed by atoms with Crippen LogP contribution in [-0.4, -0.2) is 32.6 Å². The third-order valence-electron chi connectivity index (χ3n) is 3.53. The third kappa shape index (κ3) is 3.18. The van der Waals surface area contributed by atoms with Crippen molar-refractivity contribution in [1.82, 2.24) is 19.5 Å². The van der Waals surface area contributed by atoms with Crippen LogP contribution in [0.15, 0.2) is 40.5 Å². The van der Waals surface area contributed by atoms with Gasteiger partial charge in [0.25, 0.3) is 5.56 Å². The van der Waals surface area contributed by atoms with E-state index in [2.05, 4.69) is 15.0 Å². The van der Waals surface area contributed by atoms with Gasteiger partial charge in [-0.05, 0) is 25.1 Å². The van der Waals surface area contributed by atoms with Crippen LogP contribution in [0.4, 0.5) is 0 Å². The smallest absolute Gasteiger partial charge is 0.337 e. The molecule has 0 fully saturated rings. The van der Waals surface area contributed by atoms with Crippen molar-refractivity contribution in [3.05, 3.63) is 52.3 Å². The lowest BCUT2D eigenvalue weighted by atomic mass is 10.1. The molecule has 3 aromatic rings. The summed E-state index contributed by atoms with van der Waals surface area (Å²) in [6.45, 7) is 2.86. The Kier molecular flexibility index (Phi) is 4.66. The van der Waals surface area contributed by atoms with E-state index in [0.717, 1.165) is 11.7 Å². The number of fused-ring (bicyclic) bond motifs is 1. The van der Waals surface area contributed by atoms with E-state index in [1.165, 1.54) is 18.9 Å². The number of aryl methyl sites for hydroxylation is 1. The Labute approximate surface area is 142 Å². The standard InChI is InChI=1S/C16H16N4O3S/c1-3-20-7-6-17-16(20)24-9-13-18-12-8-10(15(22)23-2)4-5-11(12)14(21)19-13/h4-8H,3,9H2,1-2H3,(H,18,19,21). The molecule has 1 aromatic carbocycles. The lowest BCUT2D eigenvalue weighted by Gasteiger charge is -2.06. The second-order valence-corrected chi connectivity index (χ2v) is 5.96. The molecule has 0 unspecified atom stereocenters. The van der Waals surface area contributed by atoms with E-state index in [1.807, 2.05) is 17.7 Å². The molecule has 124 valence electrons. The number of carbonyl (C=O) groups excluding carboxylic acids is 1. The normalized spacial score (nSPS) is 10.9. The molecule has 0 atom stereocenters. The number of hydrogen-bond donors (Lipinski definition) is 1. The van der Waals surface area contributed by atoms with Crippen molar-refractivity contribution in [2.75, 3.05) is 7.11 Å². The molecule has 0 amide bonds. The molecular weight excluding hydrogens is 328 g/mol. The summed E-state index contributed by atoms with van der Waals surface area (Å²) >= 11 is 1.49. The number of nitrogens with zero attached hydrogens (tertiary/aromatic N) is 3. The molecule has 0 aliphatic carbocycles. The van der Waals surface area contributed by atoms with Crippen molar-refractivity contribution in [3.8, 4) is 0 Å². The molecule has 7 nitrogen and oxygen atoms in total. The Morgan fingerprint density at radius 3 is 3.00 bits per heavy atom. The van der Waals surface area contributed by atoms with Gasteiger partial charge in [0.15, 0.2) is 5.16 Å². The van der Waals surface area contributed by atoms with Crippen LogP contribution in [0.5, 0.6) is 0 Å². The molecule has 0 saturated carbocycles. The molecule has 2 aromatic heterocycles. The minimum Gasteiger partial charge on any atom is -0.465 e. The average Bonchev–Trinajstić information content (AvgIpc) is 3.06. The molecule has 0 bridgehead atoms. The van der Waals surface area contributed by atoms with Gasteiger partial charge in [0.05, 0.1) is 29.3 Å². The van der Waals surface area contributed by atoms with Gasteiger partial charge < -0.3 is 14.3 Å². The Morgan fingerprint density at radius 2 is 2.25 bits per heavy atom. The molecule has 0 spiro atoms. The fourth-order valence-electron chi connectivity index (χ4n) is 2.31. The summed E-state index contributed by atoms with van der Waals surface area (Å²) in [5.41, 5.74) is 0.602. The third-order valence-corrected chi connectivity index (χ3v) is 4.55. The number of benzene rings is 1. The minimum absolute atomic E-state index is 0.231. The number of thioether (sulfide) groups is 1. The van der Waals surface area contributed by atoms with Gasteiger partial charge in [-0.25, -0.2) is 14.8 Å². The number of carbonyl (C=O) groups is 1. The quantitative estimate of drug-likeness (QED) is 0.564. The van der Waals surface area contributed by atoms with Gasteiger partial charge in [0.1, 0.15) is 5.82 Å². The fraction of sp³-hybridized carbons (Fsp3) is 0.250. The number of imidazole rings is 1. The van der Waals surface area contributed by atoms with Crippen molar-refractivity contribution in [1.29, 1.82) is 0 Å². The van der Waals surface area contributed by atoms with Crippen LogP contribution in [0.2, 0.25) is 0 Å². The first kappa shape index (κ1) is 16.3. The maximum Gasteiger partial charge on any atom is 0.337 e. The maximum atomic E-state index is 12.2. The summed E-state index contributed by atoms with van der Waals surface area (Å²) in [6, 6.07) is 4.70. The molecule has 0 aliphatic heterocycles. The molecule has 2 heterocycles. The summed E-state index contributed by atoms with van der Waals surface area (Å²) in [4.78, 5) is 35.3. The van der Waals surface area contributed by atoms with Crippen LogP contribution in [0.3, 0.4) is 0 Å². The molecule has 0 saturated heterocycles. The Balaban J connectivity index is 1.91. The fourth-order valence-corrected chi connectivity index (χ4v) is 3.20. The number of aromatic amines is 1. The number of aromatic nitrogens is 4. The molecule has 0 radical (unpaired) electrons. The van der Waals surface area contributed by atoms with Gasteiger partial charge in [0.2, 0.25) is 0 Å². The van der Waals surface area contributed by atoms with Crippen molar-refractivity contribution in [3.63, 3.8) is 0 Å². The van der Waals surface area contributed by atoms with Crippen molar-refractivity contribution in [2.45, 2.75) is 24.4 Å². The van der Waals surface area contributed by atoms with Crippen molar-refractivity contribution < 1.29 is 9.53 Å². The first-order chi connectivity index (χ1) is 11.6. The monoisotopic (exact) mass is 344 g/mol. The van der Waals surface area contributed by atoms with E-state index in [1.54, 1.807) is 24.4 Å². The summed E-state index contributed by atoms with van der Waals surface area (Å²) < 4.78 is 6.71. The zero-order chi connectivity index (χ0) is 17.1. The SMILES string of the molecule is CCn1ccnc1SCc1nc2cc(C(=O)OC)ccc2c(=O)[nH]1. The number of nitrogens with one attached hydrogen (secondary N) is 1. The van der Waals surface area contributed by atoms with E-state index < -0.39 is 5.97 Å². The zero-order valence-corrected chi connectivity index (χ0v) is 14.1. The van der Waals surface area contributed by atoms with Crippen molar-refractivity contribution in [2.24, 2.45) is 0 Å². The van der Waals surface area contributed by atoms with Gasteiger partial charge in [-0.15, -0.1) is 0 Å². The van der Waals surface area contributed by atoms with E-state index in [4.69, 9.17) is 4.74 Å². The van der Waals surface area contributed by atoms with Gasteiger partial charge in [-0.2, -0.15) is 0 Å². The highest BCUT2D eigenvalue weighted by Gasteiger charge is 2.11. The van der Waals surface area contributed by atoms with Gasteiger partial charge in [-0.3, -0.25) is 4.79 Å². The van der Waals surface area contributed by atoms with E-state index in [-0.39, 0.29) is 5.56 Å². The first-order valence-electron chi connectivity index (χ1n) is 7.37. The summed E-state index contributed by atoms with van der Waals surface area (Å²) in [5, 5.41) is 1.30.